The highest BCUT2D eigenvalue weighted by atomic mass is 35.5. The molecule has 1 aromatic heterocycles. The lowest BCUT2D eigenvalue weighted by atomic mass is 9.95. The van der Waals surface area contributed by atoms with Gasteiger partial charge in [-0.05, 0) is 54.1 Å². The Kier molecular flexibility index (Phi) is 11.2. The highest BCUT2D eigenvalue weighted by Gasteiger charge is 2.43. The molecule has 3 saturated heterocycles. The SMILES string of the molecule is COC(=O)C1=C(CN2CCN3C(=O)N(c4ccc(Oc5ccc(C(O)N6C[C@@H](O)C[C@@H]6C(=O)O)cc5)cc4)C[C@@H]3C2)NC(c2nccs2)=N[C@H]1c1ccc(F)cc1Cl. The lowest BCUT2D eigenvalue weighted by Crippen LogP contribution is -2.53. The van der Waals surface area contributed by atoms with Crippen molar-refractivity contribution in [1.82, 2.24) is 25.0 Å². The standard InChI is InChI=1S/C40H39ClFN7O8S/c1-56-39(54)33-31(44-35(36-43-12-15-58-36)45-34(33)29-11-4-23(42)16-30(29)41)21-46-13-14-47-25(18-46)19-48(40(47)55)24-5-9-28(10-6-24)57-27-7-2-22(3-8-27)37(51)49-20-26(50)17-32(49)38(52)53/h2-12,15-16,25-26,32,34,37,50-51H,13-14,17-21H2,1H3,(H,44,45)(H,52,53)/t25-,26-,32+,34-,37?/m0/s1. The van der Waals surface area contributed by atoms with Crippen molar-refractivity contribution < 1.29 is 43.6 Å². The van der Waals surface area contributed by atoms with Gasteiger partial charge in [0.25, 0.3) is 0 Å². The third-order valence-electron chi connectivity index (χ3n) is 10.7. The van der Waals surface area contributed by atoms with Crippen molar-refractivity contribution in [2.75, 3.05) is 51.3 Å². The van der Waals surface area contributed by atoms with Crippen molar-refractivity contribution in [3.8, 4) is 11.5 Å². The molecular formula is C40H39ClFN7O8S. The number of fused-ring (bicyclic) bond motifs is 1. The van der Waals surface area contributed by atoms with Crippen LogP contribution < -0.4 is 15.0 Å². The molecule has 4 aromatic rings. The minimum absolute atomic E-state index is 0.0442. The minimum Gasteiger partial charge on any atom is -0.480 e. The zero-order valence-electron chi connectivity index (χ0n) is 31.1. The molecule has 1 unspecified atom stereocenters. The molecule has 8 rings (SSSR count). The van der Waals surface area contributed by atoms with Crippen LogP contribution in [0.1, 0.15) is 34.8 Å². The number of aliphatic hydroxyl groups is 2. The number of methoxy groups -OCH3 is 1. The molecule has 5 atom stereocenters. The summed E-state index contributed by atoms with van der Waals surface area (Å²) in [5, 5.41) is 36.2. The number of amides is 2. The topological polar surface area (TPSA) is 181 Å². The first-order valence-corrected chi connectivity index (χ1v) is 19.8. The summed E-state index contributed by atoms with van der Waals surface area (Å²) >= 11 is 7.89. The highest BCUT2D eigenvalue weighted by Crippen LogP contribution is 2.38. The van der Waals surface area contributed by atoms with E-state index in [0.29, 0.717) is 77.6 Å². The van der Waals surface area contributed by atoms with E-state index in [0.717, 1.165) is 0 Å². The Balaban J connectivity index is 0.939. The number of carbonyl (C=O) groups is 3. The number of urea groups is 1. The van der Waals surface area contributed by atoms with E-state index in [2.05, 4.69) is 15.2 Å². The van der Waals surface area contributed by atoms with Crippen LogP contribution in [0.15, 0.2) is 94.6 Å². The third-order valence-corrected chi connectivity index (χ3v) is 11.8. The first-order chi connectivity index (χ1) is 28.0. The number of aliphatic carboxylic acids is 1. The lowest BCUT2D eigenvalue weighted by Gasteiger charge is -2.38. The number of ether oxygens (including phenoxy) is 2. The van der Waals surface area contributed by atoms with Crippen LogP contribution in [0, 0.1) is 5.82 Å². The van der Waals surface area contributed by atoms with E-state index < -0.39 is 42.2 Å². The molecule has 0 radical (unpaired) electrons. The van der Waals surface area contributed by atoms with Crippen LogP contribution >= 0.6 is 22.9 Å². The van der Waals surface area contributed by atoms with Gasteiger partial charge in [-0.3, -0.25) is 24.5 Å². The summed E-state index contributed by atoms with van der Waals surface area (Å²) in [5.41, 5.74) is 2.40. The maximum absolute atomic E-state index is 14.1. The molecule has 0 spiro atoms. The number of rotatable bonds is 11. The number of hydrogen-bond acceptors (Lipinski definition) is 13. The molecule has 2 amide bonds. The van der Waals surface area contributed by atoms with Gasteiger partial charge in [0.15, 0.2) is 10.8 Å². The predicted molar refractivity (Wildman–Crippen MR) is 211 cm³/mol. The molecule has 0 aliphatic carbocycles. The van der Waals surface area contributed by atoms with E-state index in [9.17, 15) is 34.1 Å². The van der Waals surface area contributed by atoms with Gasteiger partial charge in [-0.1, -0.05) is 29.8 Å². The number of nitrogens with zero attached hydrogens (tertiary/aromatic N) is 6. The van der Waals surface area contributed by atoms with Gasteiger partial charge in [0.1, 0.15) is 35.6 Å². The summed E-state index contributed by atoms with van der Waals surface area (Å²) in [7, 11) is 1.29. The number of thiazole rings is 1. The van der Waals surface area contributed by atoms with Crippen LogP contribution in [-0.4, -0.2) is 123 Å². The number of likely N-dealkylation sites (tertiary alicyclic amines) is 1. The van der Waals surface area contributed by atoms with E-state index in [4.69, 9.17) is 26.1 Å². The molecule has 4 aliphatic heterocycles. The van der Waals surface area contributed by atoms with Gasteiger partial charge in [-0.15, -0.1) is 11.3 Å². The van der Waals surface area contributed by atoms with Crippen LogP contribution in [0.2, 0.25) is 5.02 Å². The number of amidine groups is 1. The van der Waals surface area contributed by atoms with E-state index in [1.54, 1.807) is 47.5 Å². The van der Waals surface area contributed by atoms with Crippen LogP contribution in [0.5, 0.6) is 11.5 Å². The van der Waals surface area contributed by atoms with Crippen LogP contribution in [0.3, 0.4) is 0 Å². The normalized spacial score (nSPS) is 23.1. The number of esters is 1. The minimum atomic E-state index is -1.20. The lowest BCUT2D eigenvalue weighted by molar-refractivity contribution is -0.146. The maximum atomic E-state index is 14.1. The molecule has 15 nitrogen and oxygen atoms in total. The second kappa shape index (κ2) is 16.4. The van der Waals surface area contributed by atoms with Crippen molar-refractivity contribution in [3.05, 3.63) is 117 Å². The summed E-state index contributed by atoms with van der Waals surface area (Å²) in [5.74, 6) is -0.758. The number of halogens is 2. The largest absolute Gasteiger partial charge is 0.480 e. The van der Waals surface area contributed by atoms with Crippen molar-refractivity contribution in [2.24, 2.45) is 4.99 Å². The fraction of sp³-hybridized carbons (Fsp3) is 0.325. The maximum Gasteiger partial charge on any atom is 0.338 e. The number of carboxylic acids is 1. The molecule has 3 aromatic carbocycles. The molecule has 3 fully saturated rings. The Bertz CT molecular complexity index is 2260. The molecule has 58 heavy (non-hydrogen) atoms. The van der Waals surface area contributed by atoms with Gasteiger partial charge in [-0.2, -0.15) is 0 Å². The quantitative estimate of drug-likeness (QED) is 0.157. The Morgan fingerprint density at radius 1 is 1.05 bits per heavy atom. The number of hydrogen-bond donors (Lipinski definition) is 4. The number of aliphatic hydroxyl groups excluding tert-OH is 2. The van der Waals surface area contributed by atoms with E-state index >= 15 is 0 Å². The van der Waals surface area contributed by atoms with Gasteiger partial charge < -0.3 is 35.0 Å². The van der Waals surface area contributed by atoms with Gasteiger partial charge in [-0.25, -0.2) is 19.0 Å². The number of carboxylic acid groups (broad SMARTS) is 1. The fourth-order valence-electron chi connectivity index (χ4n) is 7.90. The number of carbonyl (C=O) groups excluding carboxylic acids is 2. The second-order valence-electron chi connectivity index (χ2n) is 14.3. The van der Waals surface area contributed by atoms with Gasteiger partial charge >= 0.3 is 18.0 Å². The summed E-state index contributed by atoms with van der Waals surface area (Å²) < 4.78 is 25.3. The molecule has 0 bridgehead atoms. The zero-order valence-corrected chi connectivity index (χ0v) is 32.6. The van der Waals surface area contributed by atoms with E-state index in [-0.39, 0.29) is 35.6 Å². The molecule has 302 valence electrons. The molecular weight excluding hydrogens is 793 g/mol. The molecule has 0 saturated carbocycles. The average Bonchev–Trinajstić information content (AvgIpc) is 3.97. The van der Waals surface area contributed by atoms with Gasteiger partial charge in [0.2, 0.25) is 0 Å². The van der Waals surface area contributed by atoms with Crippen molar-refractivity contribution in [2.45, 2.75) is 36.9 Å². The predicted octanol–water partition coefficient (Wildman–Crippen LogP) is 4.38. The first-order valence-electron chi connectivity index (χ1n) is 18.5. The Hall–Kier alpha value is -5.43. The zero-order chi connectivity index (χ0) is 40.7. The summed E-state index contributed by atoms with van der Waals surface area (Å²) in [6, 6.07) is 15.6. The number of aromatic nitrogens is 1. The fourth-order valence-corrected chi connectivity index (χ4v) is 8.76. The number of anilines is 1. The number of nitrogens with one attached hydrogen (secondary N) is 1. The Morgan fingerprint density at radius 2 is 1.79 bits per heavy atom. The number of piperazine rings is 1. The average molecular weight is 832 g/mol. The Morgan fingerprint density at radius 3 is 2.47 bits per heavy atom. The van der Waals surface area contributed by atoms with Crippen LogP contribution in [-0.2, 0) is 14.3 Å². The highest BCUT2D eigenvalue weighted by molar-refractivity contribution is 7.11. The monoisotopic (exact) mass is 831 g/mol. The smallest absolute Gasteiger partial charge is 0.338 e. The molecule has 4 aliphatic rings. The van der Waals surface area contributed by atoms with Crippen molar-refractivity contribution >= 4 is 52.4 Å². The second-order valence-corrected chi connectivity index (χ2v) is 15.6. The van der Waals surface area contributed by atoms with Gasteiger partial charge in [0.05, 0.1) is 24.8 Å². The number of β-amino-alcohol motifs (C(OH)–C–C–N with tert-alkyl or cyclic N) is 1. The summed E-state index contributed by atoms with van der Waals surface area (Å²) in [6.45, 7) is 2.31. The first kappa shape index (κ1) is 39.4. The number of aliphatic imine (C=N–C) groups is 1. The van der Waals surface area contributed by atoms with Crippen LogP contribution in [0.25, 0.3) is 0 Å². The van der Waals surface area contributed by atoms with E-state index in [1.165, 1.54) is 41.5 Å². The summed E-state index contributed by atoms with van der Waals surface area (Å²) in [6.07, 6.45) is -0.334. The van der Waals surface area contributed by atoms with Gasteiger partial charge in [0, 0.05) is 79.2 Å². The molecule has 5 heterocycles. The molecule has 4 N–H and O–H groups in total. The van der Waals surface area contributed by atoms with Crippen LogP contribution in [0.4, 0.5) is 14.9 Å². The molecule has 18 heteroatoms. The Labute approximate surface area is 341 Å². The van der Waals surface area contributed by atoms with Crippen molar-refractivity contribution in [3.63, 3.8) is 0 Å². The van der Waals surface area contributed by atoms with Crippen molar-refractivity contribution in [1.29, 1.82) is 0 Å². The third kappa shape index (κ3) is 7.88. The summed E-state index contributed by atoms with van der Waals surface area (Å²) in [4.78, 5) is 55.0. The number of benzene rings is 3. The van der Waals surface area contributed by atoms with E-state index in [1.807, 2.05) is 22.4 Å².